The number of aliphatic hydroxyl groups excluding tert-OH is 1. The number of hydrogen-bond acceptors (Lipinski definition) is 6. The highest BCUT2D eigenvalue weighted by molar-refractivity contribution is 5.87. The zero-order valence-electron chi connectivity index (χ0n) is 31.3. The van der Waals surface area contributed by atoms with E-state index >= 15 is 0 Å². The Bertz CT molecular complexity index is 1130. The first-order valence-corrected chi connectivity index (χ1v) is 19.0. The van der Waals surface area contributed by atoms with Crippen molar-refractivity contribution in [3.63, 3.8) is 0 Å². The smallest absolute Gasteiger partial charge is 0.328 e. The monoisotopic (exact) mass is 710 g/mol. The normalized spacial score (nSPS) is 13.5. The highest BCUT2D eigenvalue weighted by Gasteiger charge is 2.18. The minimum absolute atomic E-state index is 0.202. The average Bonchev–Trinajstić information content (AvgIpc) is 3.11. The highest BCUT2D eigenvalue weighted by atomic mass is 16.5. The number of unbranched alkanes of at least 4 members (excludes halogenated alkanes) is 6. The molecular weight excluding hydrogens is 644 g/mol. The van der Waals surface area contributed by atoms with Crippen molar-refractivity contribution in [3.05, 3.63) is 85.1 Å². The fourth-order valence-electron chi connectivity index (χ4n) is 4.71. The Morgan fingerprint density at radius 1 is 0.627 bits per heavy atom. The maximum absolute atomic E-state index is 12.6. The molecule has 0 heterocycles. The van der Waals surface area contributed by atoms with Crippen LogP contribution in [0.5, 0.6) is 0 Å². The van der Waals surface area contributed by atoms with Crippen LogP contribution in [0.1, 0.15) is 129 Å². The van der Waals surface area contributed by atoms with Crippen LogP contribution in [0.25, 0.3) is 0 Å². The van der Waals surface area contributed by atoms with E-state index in [9.17, 15) is 19.2 Å². The first-order valence-electron chi connectivity index (χ1n) is 19.0. The molecule has 2 amide bonds. The molecule has 9 nitrogen and oxygen atoms in total. The van der Waals surface area contributed by atoms with Crippen molar-refractivity contribution >= 4 is 23.8 Å². The van der Waals surface area contributed by atoms with E-state index in [0.29, 0.717) is 19.3 Å². The molecule has 4 N–H and O–H groups in total. The summed E-state index contributed by atoms with van der Waals surface area (Å²) in [5.74, 6) is -2.52. The number of ether oxygens (including phenoxy) is 1. The lowest BCUT2D eigenvalue weighted by molar-refractivity contribution is -0.147. The third-order valence-electron chi connectivity index (χ3n) is 7.62. The first-order chi connectivity index (χ1) is 24.8. The molecule has 0 aliphatic carbocycles. The fourth-order valence-corrected chi connectivity index (χ4v) is 4.71. The SMILES string of the molecule is CC/C=C\C/C=C\C/C=C\C/C=C\C/C=C\C/C=C\CCC(=O)OC(/C=C\CCCCC)CCCCCCC(=O)NCC(=O)NC(CO)C(=O)O. The van der Waals surface area contributed by atoms with Crippen molar-refractivity contribution in [1.29, 1.82) is 0 Å². The zero-order chi connectivity index (χ0) is 37.6. The molecule has 0 aromatic heterocycles. The van der Waals surface area contributed by atoms with Crippen molar-refractivity contribution in [2.45, 2.75) is 142 Å². The number of amides is 2. The molecule has 0 radical (unpaired) electrons. The molecule has 2 atom stereocenters. The molecule has 0 saturated heterocycles. The maximum Gasteiger partial charge on any atom is 0.328 e. The van der Waals surface area contributed by atoms with Gasteiger partial charge in [0.05, 0.1) is 13.2 Å². The van der Waals surface area contributed by atoms with Crippen LogP contribution in [-0.2, 0) is 23.9 Å². The molecule has 9 heteroatoms. The van der Waals surface area contributed by atoms with Gasteiger partial charge >= 0.3 is 11.9 Å². The third kappa shape index (κ3) is 33.0. The molecule has 286 valence electrons. The minimum Gasteiger partial charge on any atom is -0.480 e. The van der Waals surface area contributed by atoms with E-state index in [1.165, 1.54) is 6.42 Å². The molecule has 0 fully saturated rings. The Kier molecular flexibility index (Phi) is 33.0. The maximum atomic E-state index is 12.6. The van der Waals surface area contributed by atoms with E-state index < -0.39 is 24.5 Å². The van der Waals surface area contributed by atoms with E-state index in [1.54, 1.807) is 0 Å². The van der Waals surface area contributed by atoms with Gasteiger partial charge in [0.1, 0.15) is 12.1 Å². The summed E-state index contributed by atoms with van der Waals surface area (Å²) in [4.78, 5) is 47.2. The van der Waals surface area contributed by atoms with Crippen molar-refractivity contribution in [3.8, 4) is 0 Å². The van der Waals surface area contributed by atoms with Crippen LogP contribution >= 0.6 is 0 Å². The van der Waals surface area contributed by atoms with Crippen LogP contribution in [0, 0.1) is 0 Å². The largest absolute Gasteiger partial charge is 0.480 e. The summed E-state index contributed by atoms with van der Waals surface area (Å²) in [6.45, 7) is 3.24. The summed E-state index contributed by atoms with van der Waals surface area (Å²) >= 11 is 0. The van der Waals surface area contributed by atoms with Crippen molar-refractivity contribution in [2.75, 3.05) is 13.2 Å². The lowest BCUT2D eigenvalue weighted by Gasteiger charge is -2.14. The topological polar surface area (TPSA) is 142 Å². The average molecular weight is 711 g/mol. The molecule has 0 rings (SSSR count). The van der Waals surface area contributed by atoms with Crippen LogP contribution in [-0.4, -0.2) is 59.3 Å². The lowest BCUT2D eigenvalue weighted by Crippen LogP contribution is -2.47. The molecule has 0 saturated carbocycles. The Morgan fingerprint density at radius 2 is 1.20 bits per heavy atom. The van der Waals surface area contributed by atoms with Gasteiger partial charge in [-0.25, -0.2) is 4.79 Å². The number of carbonyl (C=O) groups is 4. The number of hydrogen-bond donors (Lipinski definition) is 4. The van der Waals surface area contributed by atoms with Gasteiger partial charge < -0.3 is 25.6 Å². The predicted molar refractivity (Wildman–Crippen MR) is 208 cm³/mol. The number of carbonyl (C=O) groups excluding carboxylic acids is 3. The van der Waals surface area contributed by atoms with Crippen LogP contribution in [0.3, 0.4) is 0 Å². The van der Waals surface area contributed by atoms with Gasteiger partial charge in [-0.2, -0.15) is 0 Å². The molecule has 0 aliphatic rings. The van der Waals surface area contributed by atoms with Crippen molar-refractivity contribution in [2.24, 2.45) is 0 Å². The van der Waals surface area contributed by atoms with E-state index in [2.05, 4.69) is 97.4 Å². The van der Waals surface area contributed by atoms with Crippen molar-refractivity contribution in [1.82, 2.24) is 10.6 Å². The summed E-state index contributed by atoms with van der Waals surface area (Å²) in [7, 11) is 0. The van der Waals surface area contributed by atoms with E-state index in [-0.39, 0.29) is 30.9 Å². The molecule has 0 bridgehead atoms. The summed E-state index contributed by atoms with van der Waals surface area (Å²) < 4.78 is 5.80. The lowest BCUT2D eigenvalue weighted by atomic mass is 10.1. The predicted octanol–water partition coefficient (Wildman–Crippen LogP) is 8.53. The fraction of sp³-hybridized carbons (Fsp3) is 0.571. The highest BCUT2D eigenvalue weighted by Crippen LogP contribution is 2.13. The molecule has 0 aromatic rings. The van der Waals surface area contributed by atoms with Crippen LogP contribution < -0.4 is 10.6 Å². The van der Waals surface area contributed by atoms with Gasteiger partial charge in [0.2, 0.25) is 11.8 Å². The number of esters is 1. The molecule has 0 spiro atoms. The zero-order valence-corrected chi connectivity index (χ0v) is 31.3. The Balaban J connectivity index is 4.28. The number of aliphatic carboxylic acids is 1. The third-order valence-corrected chi connectivity index (χ3v) is 7.62. The Morgan fingerprint density at radius 3 is 1.75 bits per heavy atom. The molecule has 0 aromatic carbocycles. The van der Waals surface area contributed by atoms with Crippen molar-refractivity contribution < 1.29 is 34.1 Å². The second kappa shape index (κ2) is 35.8. The van der Waals surface area contributed by atoms with Crippen LogP contribution in [0.2, 0.25) is 0 Å². The second-order valence-electron chi connectivity index (χ2n) is 12.3. The van der Waals surface area contributed by atoms with Gasteiger partial charge in [0, 0.05) is 12.8 Å². The standard InChI is InChI=1S/C42H66N2O7/c1-3-5-7-9-10-11-12-13-14-15-16-17-18-19-20-21-22-24-30-34-41(48)51-37(31-27-23-8-6-4-2)32-28-25-26-29-33-39(46)43-35-40(47)44-38(36-45)42(49)50/h5,7,10-11,13-14,16-17,19-20,22,24,27,31,37-38,45H,3-4,6,8-9,12,15,18,21,23,25-26,28-30,32-36H2,1-2H3,(H,43,46)(H,44,47)(H,49,50)/b7-5-,11-10-,14-13-,17-16-,20-19-,24-22-,31-27-. The quantitative estimate of drug-likeness (QED) is 0.0311. The van der Waals surface area contributed by atoms with E-state index in [4.69, 9.17) is 14.9 Å². The van der Waals surface area contributed by atoms with E-state index in [1.807, 2.05) is 12.2 Å². The van der Waals surface area contributed by atoms with Crippen LogP contribution in [0.15, 0.2) is 85.1 Å². The van der Waals surface area contributed by atoms with Gasteiger partial charge in [-0.3, -0.25) is 14.4 Å². The number of rotatable bonds is 32. The summed E-state index contributed by atoms with van der Waals surface area (Å²) in [6, 6.07) is -1.40. The second-order valence-corrected chi connectivity index (χ2v) is 12.3. The molecule has 51 heavy (non-hydrogen) atoms. The summed E-state index contributed by atoms with van der Waals surface area (Å²) in [5, 5.41) is 22.4. The van der Waals surface area contributed by atoms with Gasteiger partial charge in [0.25, 0.3) is 0 Å². The van der Waals surface area contributed by atoms with E-state index in [0.717, 1.165) is 83.5 Å². The van der Waals surface area contributed by atoms with Gasteiger partial charge in [-0.1, -0.05) is 119 Å². The van der Waals surface area contributed by atoms with Gasteiger partial charge in [-0.15, -0.1) is 0 Å². The number of allylic oxidation sites excluding steroid dienone is 13. The first kappa shape index (κ1) is 47.0. The Labute approximate surface area is 307 Å². The number of aliphatic hydroxyl groups is 1. The summed E-state index contributed by atoms with van der Waals surface area (Å²) in [5.41, 5.74) is 0. The van der Waals surface area contributed by atoms with Gasteiger partial charge in [-0.05, 0) is 83.1 Å². The minimum atomic E-state index is -1.40. The van der Waals surface area contributed by atoms with Crippen LogP contribution in [0.4, 0.5) is 0 Å². The number of carboxylic acids is 1. The number of carboxylic acid groups (broad SMARTS) is 1. The number of nitrogens with one attached hydrogen (secondary N) is 2. The Hall–Kier alpha value is -3.98. The molecule has 0 aliphatic heterocycles. The van der Waals surface area contributed by atoms with Gasteiger partial charge in [0.15, 0.2) is 0 Å². The summed E-state index contributed by atoms with van der Waals surface area (Å²) in [6.07, 6.45) is 45.1. The molecule has 2 unspecified atom stereocenters. The molecular formula is C42H66N2O7.